The van der Waals surface area contributed by atoms with Crippen molar-refractivity contribution in [2.75, 3.05) is 12.8 Å². The summed E-state index contributed by atoms with van der Waals surface area (Å²) in [6.07, 6.45) is 4.46. The molecule has 0 amide bonds. The normalized spacial score (nSPS) is 15.9. The number of methoxy groups -OCH3 is 1. The standard InChI is InChI=1S/C12H14BrClN2O2/c1-18-12(17)10-8(13)7(6-4-2-3-5-6)9(15)11(14)16-10/h6H,2-5,15H2,1H3. The number of carbonyl (C=O) groups excluding carboxylic acids is 1. The van der Waals surface area contributed by atoms with Gasteiger partial charge in [-0.1, -0.05) is 24.4 Å². The number of carbonyl (C=O) groups is 1. The molecule has 1 saturated carbocycles. The van der Waals surface area contributed by atoms with Crippen LogP contribution in [0.5, 0.6) is 0 Å². The van der Waals surface area contributed by atoms with Crippen molar-refractivity contribution in [2.45, 2.75) is 31.6 Å². The summed E-state index contributed by atoms with van der Waals surface area (Å²) in [5.41, 5.74) is 7.55. The number of nitrogens with zero attached hydrogens (tertiary/aromatic N) is 1. The van der Waals surface area contributed by atoms with Crippen LogP contribution in [0, 0.1) is 0 Å². The molecule has 2 N–H and O–H groups in total. The predicted octanol–water partition coefficient (Wildman–Crippen LogP) is 3.52. The molecule has 0 aliphatic heterocycles. The summed E-state index contributed by atoms with van der Waals surface area (Å²) in [4.78, 5) is 15.6. The van der Waals surface area contributed by atoms with E-state index in [1.54, 1.807) is 0 Å². The van der Waals surface area contributed by atoms with Crippen LogP contribution in [0.15, 0.2) is 4.47 Å². The molecule has 4 nitrogen and oxygen atoms in total. The highest BCUT2D eigenvalue weighted by Gasteiger charge is 2.27. The zero-order valence-electron chi connectivity index (χ0n) is 10.0. The summed E-state index contributed by atoms with van der Waals surface area (Å²) >= 11 is 9.42. The van der Waals surface area contributed by atoms with Crippen molar-refractivity contribution in [3.05, 3.63) is 20.9 Å². The van der Waals surface area contributed by atoms with Gasteiger partial charge in [-0.3, -0.25) is 0 Å². The zero-order chi connectivity index (χ0) is 13.3. The predicted molar refractivity (Wildman–Crippen MR) is 73.9 cm³/mol. The van der Waals surface area contributed by atoms with E-state index in [0.717, 1.165) is 18.4 Å². The molecule has 6 heteroatoms. The van der Waals surface area contributed by atoms with Crippen LogP contribution in [0.4, 0.5) is 5.69 Å². The van der Waals surface area contributed by atoms with Crippen molar-refractivity contribution in [3.8, 4) is 0 Å². The lowest BCUT2D eigenvalue weighted by molar-refractivity contribution is 0.0592. The second-order valence-corrected chi connectivity index (χ2v) is 5.52. The molecule has 1 aromatic heterocycles. The Hall–Kier alpha value is -0.810. The number of nitrogen functional groups attached to an aromatic ring is 1. The number of anilines is 1. The van der Waals surface area contributed by atoms with Gasteiger partial charge in [0.1, 0.15) is 0 Å². The summed E-state index contributed by atoms with van der Waals surface area (Å²) in [6, 6.07) is 0. The second-order valence-electron chi connectivity index (χ2n) is 4.37. The molecular formula is C12H14BrClN2O2. The fraction of sp³-hybridized carbons (Fsp3) is 0.500. The first kappa shape index (κ1) is 13.6. The molecule has 0 unspecified atom stereocenters. The van der Waals surface area contributed by atoms with E-state index in [1.165, 1.54) is 20.0 Å². The van der Waals surface area contributed by atoms with E-state index in [0.29, 0.717) is 16.1 Å². The summed E-state index contributed by atoms with van der Waals surface area (Å²) in [5.74, 6) is -0.175. The summed E-state index contributed by atoms with van der Waals surface area (Å²) in [7, 11) is 1.32. The number of pyridine rings is 1. The Morgan fingerprint density at radius 2 is 2.11 bits per heavy atom. The second kappa shape index (κ2) is 5.45. The molecule has 0 radical (unpaired) electrons. The molecule has 0 bridgehead atoms. The minimum Gasteiger partial charge on any atom is -0.464 e. The van der Waals surface area contributed by atoms with Crippen molar-refractivity contribution in [1.82, 2.24) is 4.98 Å². The van der Waals surface area contributed by atoms with E-state index in [1.807, 2.05) is 0 Å². The van der Waals surface area contributed by atoms with Gasteiger partial charge in [0.15, 0.2) is 10.8 Å². The number of nitrogens with two attached hydrogens (primary N) is 1. The SMILES string of the molecule is COC(=O)c1nc(Cl)c(N)c(C2CCCC2)c1Br. The first-order valence-corrected chi connectivity index (χ1v) is 6.96. The average molecular weight is 334 g/mol. The Morgan fingerprint density at radius 1 is 1.50 bits per heavy atom. The van der Waals surface area contributed by atoms with Crippen molar-refractivity contribution >= 4 is 39.2 Å². The van der Waals surface area contributed by atoms with Crippen LogP contribution in [0.1, 0.15) is 47.7 Å². The zero-order valence-corrected chi connectivity index (χ0v) is 12.3. The monoisotopic (exact) mass is 332 g/mol. The first-order chi connectivity index (χ1) is 8.56. The molecule has 18 heavy (non-hydrogen) atoms. The lowest BCUT2D eigenvalue weighted by atomic mass is 9.96. The summed E-state index contributed by atoms with van der Waals surface area (Å²) < 4.78 is 5.31. The van der Waals surface area contributed by atoms with E-state index >= 15 is 0 Å². The number of esters is 1. The van der Waals surface area contributed by atoms with Gasteiger partial charge in [-0.05, 0) is 40.3 Å². The Bertz CT molecular complexity index is 487. The van der Waals surface area contributed by atoms with Gasteiger partial charge in [0.2, 0.25) is 0 Å². The molecule has 1 aliphatic rings. The van der Waals surface area contributed by atoms with Crippen LogP contribution in [0.2, 0.25) is 5.15 Å². The van der Waals surface area contributed by atoms with Crippen LogP contribution in [0.25, 0.3) is 0 Å². The quantitative estimate of drug-likeness (QED) is 0.664. The molecule has 1 heterocycles. The number of aromatic nitrogens is 1. The first-order valence-electron chi connectivity index (χ1n) is 5.79. The molecule has 0 saturated heterocycles. The van der Waals surface area contributed by atoms with Gasteiger partial charge in [0.25, 0.3) is 0 Å². The van der Waals surface area contributed by atoms with Crippen LogP contribution < -0.4 is 5.73 Å². The van der Waals surface area contributed by atoms with Gasteiger partial charge >= 0.3 is 5.97 Å². The molecule has 0 spiro atoms. The molecule has 0 atom stereocenters. The lowest BCUT2D eigenvalue weighted by Gasteiger charge is -2.17. The van der Waals surface area contributed by atoms with Crippen molar-refractivity contribution in [1.29, 1.82) is 0 Å². The maximum Gasteiger partial charge on any atom is 0.357 e. The van der Waals surface area contributed by atoms with Gasteiger partial charge in [0, 0.05) is 0 Å². The maximum absolute atomic E-state index is 11.7. The van der Waals surface area contributed by atoms with E-state index in [2.05, 4.69) is 20.9 Å². The van der Waals surface area contributed by atoms with Crippen LogP contribution in [-0.2, 0) is 4.74 Å². The van der Waals surface area contributed by atoms with Crippen LogP contribution >= 0.6 is 27.5 Å². The van der Waals surface area contributed by atoms with Crippen molar-refractivity contribution in [3.63, 3.8) is 0 Å². The number of hydrogen-bond donors (Lipinski definition) is 1. The van der Waals surface area contributed by atoms with Crippen molar-refractivity contribution in [2.24, 2.45) is 0 Å². The van der Waals surface area contributed by atoms with Crippen LogP contribution in [-0.4, -0.2) is 18.1 Å². The molecule has 98 valence electrons. The van der Waals surface area contributed by atoms with Gasteiger partial charge in [-0.25, -0.2) is 9.78 Å². The van der Waals surface area contributed by atoms with E-state index < -0.39 is 5.97 Å². The lowest BCUT2D eigenvalue weighted by Crippen LogP contribution is -2.11. The smallest absolute Gasteiger partial charge is 0.357 e. The van der Waals surface area contributed by atoms with Gasteiger partial charge < -0.3 is 10.5 Å². The highest BCUT2D eigenvalue weighted by Crippen LogP contribution is 2.43. The number of hydrogen-bond acceptors (Lipinski definition) is 4. The molecule has 2 rings (SSSR count). The van der Waals surface area contributed by atoms with Gasteiger partial charge in [-0.2, -0.15) is 0 Å². The highest BCUT2D eigenvalue weighted by atomic mass is 79.9. The summed E-state index contributed by atoms with van der Waals surface area (Å²) in [5, 5.41) is 0.167. The number of halogens is 2. The molecular weight excluding hydrogens is 320 g/mol. The minimum absolute atomic E-state index is 0.167. The fourth-order valence-electron chi connectivity index (χ4n) is 2.41. The minimum atomic E-state index is -0.511. The maximum atomic E-state index is 11.7. The third-order valence-corrected chi connectivity index (χ3v) is 4.40. The highest BCUT2D eigenvalue weighted by molar-refractivity contribution is 9.10. The Morgan fingerprint density at radius 3 is 2.67 bits per heavy atom. The third-order valence-electron chi connectivity index (χ3n) is 3.31. The number of rotatable bonds is 2. The Kier molecular flexibility index (Phi) is 4.12. The Balaban J connectivity index is 2.56. The van der Waals surface area contributed by atoms with E-state index in [4.69, 9.17) is 22.1 Å². The average Bonchev–Trinajstić information content (AvgIpc) is 2.87. The van der Waals surface area contributed by atoms with Crippen molar-refractivity contribution < 1.29 is 9.53 Å². The molecule has 0 aromatic carbocycles. The molecule has 1 fully saturated rings. The van der Waals surface area contributed by atoms with E-state index in [-0.39, 0.29) is 10.8 Å². The molecule has 1 aromatic rings. The van der Waals surface area contributed by atoms with E-state index in [9.17, 15) is 4.79 Å². The third kappa shape index (κ3) is 2.34. The molecule has 1 aliphatic carbocycles. The number of ether oxygens (including phenoxy) is 1. The fourth-order valence-corrected chi connectivity index (χ4v) is 3.38. The topological polar surface area (TPSA) is 65.2 Å². The van der Waals surface area contributed by atoms with Gasteiger partial charge in [0.05, 0.1) is 17.3 Å². The van der Waals surface area contributed by atoms with Crippen LogP contribution in [0.3, 0.4) is 0 Å². The van der Waals surface area contributed by atoms with Gasteiger partial charge in [-0.15, -0.1) is 0 Å². The largest absolute Gasteiger partial charge is 0.464 e. The summed E-state index contributed by atoms with van der Waals surface area (Å²) in [6.45, 7) is 0. The Labute approximate surface area is 119 Å².